The minimum Gasteiger partial charge on any atom is -0.427 e. The molecule has 1 aliphatic rings. The number of esters is 1. The van der Waals surface area contributed by atoms with E-state index in [-0.39, 0.29) is 6.61 Å². The summed E-state index contributed by atoms with van der Waals surface area (Å²) >= 11 is 0. The molecule has 2 atom stereocenters. The van der Waals surface area contributed by atoms with Crippen LogP contribution >= 0.6 is 0 Å². The minimum atomic E-state index is -1.59. The van der Waals surface area contributed by atoms with E-state index in [0.717, 1.165) is 0 Å². The van der Waals surface area contributed by atoms with E-state index in [1.807, 2.05) is 0 Å². The van der Waals surface area contributed by atoms with E-state index in [4.69, 9.17) is 0 Å². The molecular formula is C5H7FO3. The Kier molecular flexibility index (Phi) is 1.66. The predicted octanol–water partition coefficient (Wildman–Crippen LogP) is 0.244. The molecule has 0 aromatic carbocycles. The minimum absolute atomic E-state index is 0.137. The van der Waals surface area contributed by atoms with Gasteiger partial charge in [-0.1, -0.05) is 0 Å². The number of cyclic esters (lactones) is 1. The van der Waals surface area contributed by atoms with Crippen LogP contribution in [0.1, 0.15) is 6.92 Å². The van der Waals surface area contributed by atoms with Crippen LogP contribution in [-0.2, 0) is 14.3 Å². The molecule has 1 heterocycles. The Morgan fingerprint density at radius 1 is 1.78 bits per heavy atom. The summed E-state index contributed by atoms with van der Waals surface area (Å²) in [6.07, 6.45) is -2.21. The molecule has 0 spiro atoms. The molecule has 0 aromatic heterocycles. The van der Waals surface area contributed by atoms with Crippen molar-refractivity contribution >= 4 is 5.97 Å². The molecule has 1 rings (SSSR count). The quantitative estimate of drug-likeness (QED) is 0.445. The molecule has 0 radical (unpaired) electrons. The zero-order valence-electron chi connectivity index (χ0n) is 4.96. The zero-order chi connectivity index (χ0) is 6.85. The Balaban J connectivity index is 2.44. The smallest absolute Gasteiger partial charge is 0.334 e. The average molecular weight is 134 g/mol. The second-order valence-corrected chi connectivity index (χ2v) is 1.86. The molecule has 4 heteroatoms. The fraction of sp³-hybridized carbons (Fsp3) is 0.800. The highest BCUT2D eigenvalue weighted by molar-refractivity contribution is 5.71. The highest BCUT2D eigenvalue weighted by atomic mass is 19.1. The summed E-state index contributed by atoms with van der Waals surface area (Å²) in [5.41, 5.74) is 0. The molecule has 9 heavy (non-hydrogen) atoms. The first-order valence-electron chi connectivity index (χ1n) is 2.65. The van der Waals surface area contributed by atoms with E-state index >= 15 is 0 Å². The lowest BCUT2D eigenvalue weighted by molar-refractivity contribution is -0.201. The second kappa shape index (κ2) is 2.31. The van der Waals surface area contributed by atoms with Gasteiger partial charge in [0.1, 0.15) is 12.7 Å². The highest BCUT2D eigenvalue weighted by Crippen LogP contribution is 2.10. The Bertz CT molecular complexity index is 125. The van der Waals surface area contributed by atoms with E-state index < -0.39 is 18.4 Å². The Hall–Kier alpha value is -0.640. The molecule has 0 bridgehead atoms. The molecular weight excluding hydrogens is 127 g/mol. The maximum Gasteiger partial charge on any atom is 0.334 e. The first kappa shape index (κ1) is 6.48. The summed E-state index contributed by atoms with van der Waals surface area (Å²) in [6.45, 7) is 1.37. The van der Waals surface area contributed by atoms with E-state index in [9.17, 15) is 9.18 Å². The summed E-state index contributed by atoms with van der Waals surface area (Å²) in [5, 5.41) is 0. The molecule has 0 aromatic rings. The number of halogens is 1. The predicted molar refractivity (Wildman–Crippen MR) is 26.4 cm³/mol. The Morgan fingerprint density at radius 3 is 2.89 bits per heavy atom. The monoisotopic (exact) mass is 134 g/mol. The van der Waals surface area contributed by atoms with Crippen molar-refractivity contribution in [1.82, 2.24) is 0 Å². The third-order valence-electron chi connectivity index (χ3n) is 1.08. The number of rotatable bonds is 0. The van der Waals surface area contributed by atoms with Crippen LogP contribution in [0.15, 0.2) is 0 Å². The fourth-order valence-electron chi connectivity index (χ4n) is 0.531. The molecule has 0 amide bonds. The maximum absolute atomic E-state index is 12.3. The van der Waals surface area contributed by atoms with Crippen molar-refractivity contribution in [3.63, 3.8) is 0 Å². The molecule has 0 saturated carbocycles. The summed E-state index contributed by atoms with van der Waals surface area (Å²) in [7, 11) is 0. The highest BCUT2D eigenvalue weighted by Gasteiger charge is 2.27. The third-order valence-corrected chi connectivity index (χ3v) is 1.08. The number of carbonyl (C=O) groups excluding carboxylic acids is 1. The van der Waals surface area contributed by atoms with Crippen LogP contribution in [-0.4, -0.2) is 25.0 Å². The van der Waals surface area contributed by atoms with Gasteiger partial charge in [-0.25, -0.2) is 4.79 Å². The lowest BCUT2D eigenvalue weighted by Gasteiger charge is -2.22. The van der Waals surface area contributed by atoms with Crippen LogP contribution in [0, 0.1) is 0 Å². The van der Waals surface area contributed by atoms with E-state index in [2.05, 4.69) is 9.47 Å². The summed E-state index contributed by atoms with van der Waals surface area (Å²) in [4.78, 5) is 10.2. The number of hydrogen-bond donors (Lipinski definition) is 0. The summed E-state index contributed by atoms with van der Waals surface area (Å²) in [6, 6.07) is 0. The first-order valence-corrected chi connectivity index (χ1v) is 2.65. The van der Waals surface area contributed by atoms with Crippen LogP contribution in [0.3, 0.4) is 0 Å². The summed E-state index contributed by atoms with van der Waals surface area (Å²) < 4.78 is 21.1. The van der Waals surface area contributed by atoms with Gasteiger partial charge in [0.25, 0.3) is 6.36 Å². The molecule has 0 aliphatic carbocycles. The van der Waals surface area contributed by atoms with Crippen LogP contribution in [0.4, 0.5) is 4.39 Å². The normalized spacial score (nSPS) is 36.0. The molecule has 3 nitrogen and oxygen atoms in total. The van der Waals surface area contributed by atoms with E-state index in [1.54, 1.807) is 0 Å². The SMILES string of the molecule is CC1OCC(=O)OC1F. The van der Waals surface area contributed by atoms with Crippen molar-refractivity contribution in [2.45, 2.75) is 19.4 Å². The van der Waals surface area contributed by atoms with Crippen molar-refractivity contribution in [3.8, 4) is 0 Å². The van der Waals surface area contributed by atoms with Gasteiger partial charge in [0.05, 0.1) is 0 Å². The molecule has 0 N–H and O–H groups in total. The van der Waals surface area contributed by atoms with E-state index in [0.29, 0.717) is 0 Å². The van der Waals surface area contributed by atoms with Gasteiger partial charge in [0.15, 0.2) is 0 Å². The van der Waals surface area contributed by atoms with Crippen LogP contribution in [0.25, 0.3) is 0 Å². The van der Waals surface area contributed by atoms with Crippen LogP contribution < -0.4 is 0 Å². The van der Waals surface area contributed by atoms with Gasteiger partial charge in [0, 0.05) is 0 Å². The standard InChI is InChI=1S/C5H7FO3/c1-3-5(6)9-4(7)2-8-3/h3,5H,2H2,1H3. The largest absolute Gasteiger partial charge is 0.427 e. The number of alkyl halides is 1. The molecule has 2 unspecified atom stereocenters. The lowest BCUT2D eigenvalue weighted by atomic mass is 10.4. The van der Waals surface area contributed by atoms with Crippen molar-refractivity contribution < 1.29 is 18.7 Å². The molecule has 52 valence electrons. The first-order chi connectivity index (χ1) is 4.20. The van der Waals surface area contributed by atoms with Gasteiger partial charge in [-0.2, -0.15) is 4.39 Å². The van der Waals surface area contributed by atoms with Crippen LogP contribution in [0.5, 0.6) is 0 Å². The van der Waals surface area contributed by atoms with Crippen LogP contribution in [0.2, 0.25) is 0 Å². The van der Waals surface area contributed by atoms with Crippen molar-refractivity contribution in [3.05, 3.63) is 0 Å². The maximum atomic E-state index is 12.3. The van der Waals surface area contributed by atoms with Gasteiger partial charge in [-0.3, -0.25) is 0 Å². The fourth-order valence-corrected chi connectivity index (χ4v) is 0.531. The van der Waals surface area contributed by atoms with Gasteiger partial charge >= 0.3 is 5.97 Å². The molecule has 1 saturated heterocycles. The second-order valence-electron chi connectivity index (χ2n) is 1.86. The van der Waals surface area contributed by atoms with Gasteiger partial charge in [0.2, 0.25) is 0 Å². The molecule has 1 aliphatic heterocycles. The van der Waals surface area contributed by atoms with Crippen molar-refractivity contribution in [2.24, 2.45) is 0 Å². The van der Waals surface area contributed by atoms with E-state index in [1.165, 1.54) is 6.92 Å². The Labute approximate surface area is 51.7 Å². The average Bonchev–Trinajstić information content (AvgIpc) is 1.80. The van der Waals surface area contributed by atoms with Crippen molar-refractivity contribution in [2.75, 3.05) is 6.61 Å². The number of hydrogen-bond acceptors (Lipinski definition) is 3. The van der Waals surface area contributed by atoms with Crippen molar-refractivity contribution in [1.29, 1.82) is 0 Å². The topological polar surface area (TPSA) is 35.5 Å². The van der Waals surface area contributed by atoms with Gasteiger partial charge in [-0.05, 0) is 6.92 Å². The van der Waals surface area contributed by atoms with Gasteiger partial charge in [-0.15, -0.1) is 0 Å². The zero-order valence-corrected chi connectivity index (χ0v) is 4.96. The Morgan fingerprint density at radius 2 is 2.44 bits per heavy atom. The lowest BCUT2D eigenvalue weighted by Crippen LogP contribution is -2.36. The molecule has 1 fully saturated rings. The summed E-state index contributed by atoms with van der Waals surface area (Å²) in [5.74, 6) is -0.638. The third kappa shape index (κ3) is 1.38. The number of carbonyl (C=O) groups is 1. The number of ether oxygens (including phenoxy) is 2. The van der Waals surface area contributed by atoms with Gasteiger partial charge < -0.3 is 9.47 Å².